The Labute approximate surface area is 402 Å². The molecule has 0 radical (unpaired) electrons. The number of esters is 1. The summed E-state index contributed by atoms with van der Waals surface area (Å²) in [5.41, 5.74) is 9.72. The van der Waals surface area contributed by atoms with E-state index in [1.54, 1.807) is 31.0 Å². The Balaban J connectivity index is 1.17. The Morgan fingerprint density at radius 3 is 2.57 bits per heavy atom. The van der Waals surface area contributed by atoms with Gasteiger partial charge in [-0.1, -0.05) is 31.9 Å². The molecule has 1 unspecified atom stereocenters. The molecule has 2 fully saturated rings. The molecule has 1 aromatic carbocycles. The summed E-state index contributed by atoms with van der Waals surface area (Å²) in [6.07, 6.45) is 6.09. The number of aryl methyl sites for hydroxylation is 1. The van der Waals surface area contributed by atoms with Crippen molar-refractivity contribution in [1.82, 2.24) is 44.9 Å². The Kier molecular flexibility index (Phi) is 15.8. The van der Waals surface area contributed by atoms with Gasteiger partial charge in [0.05, 0.1) is 42.3 Å². The molecule has 16 nitrogen and oxygen atoms in total. The first-order chi connectivity index (χ1) is 32.3. The lowest BCUT2D eigenvalue weighted by Gasteiger charge is -2.39. The largest absolute Gasteiger partial charge is 0.464 e. The molecule has 0 saturated carbocycles. The van der Waals surface area contributed by atoms with Crippen LogP contribution in [-0.2, 0) is 46.4 Å². The van der Waals surface area contributed by atoms with Crippen molar-refractivity contribution < 1.29 is 33.4 Å². The third-order valence-corrected chi connectivity index (χ3v) is 14.1. The number of pyridine rings is 1. The zero-order chi connectivity index (χ0) is 49.1. The van der Waals surface area contributed by atoms with E-state index in [2.05, 4.69) is 83.2 Å². The molecule has 16 heteroatoms. The van der Waals surface area contributed by atoms with E-state index in [1.165, 1.54) is 5.01 Å². The number of hydrazine groups is 1. The maximum Gasteiger partial charge on any atom is 0.324 e. The lowest BCUT2D eigenvalue weighted by atomic mass is 9.84. The first kappa shape index (κ1) is 50.7. The second-order valence-corrected chi connectivity index (χ2v) is 20.5. The van der Waals surface area contributed by atoms with Gasteiger partial charge in [0, 0.05) is 81.0 Å². The van der Waals surface area contributed by atoms with Crippen molar-refractivity contribution in [2.24, 2.45) is 5.41 Å². The maximum absolute atomic E-state index is 14.7. The van der Waals surface area contributed by atoms with Gasteiger partial charge in [-0.3, -0.25) is 43.9 Å². The van der Waals surface area contributed by atoms with Gasteiger partial charge in [0.2, 0.25) is 5.91 Å². The van der Waals surface area contributed by atoms with E-state index in [9.17, 15) is 19.2 Å². The summed E-state index contributed by atoms with van der Waals surface area (Å²) in [4.78, 5) is 68.2. The smallest absolute Gasteiger partial charge is 0.324 e. The molecule has 2 saturated heterocycles. The average molecular weight is 936 g/mol. The van der Waals surface area contributed by atoms with Gasteiger partial charge in [0.25, 0.3) is 11.8 Å². The number of methoxy groups -OCH3 is 1. The molecule has 7 rings (SSSR count). The van der Waals surface area contributed by atoms with Crippen molar-refractivity contribution in [2.45, 2.75) is 110 Å². The predicted octanol–water partition coefficient (Wildman–Crippen LogP) is 4.13. The molecule has 4 aliphatic rings. The summed E-state index contributed by atoms with van der Waals surface area (Å²) in [7, 11) is 9.15. The third kappa shape index (κ3) is 11.3. The molecule has 0 aliphatic carbocycles. The van der Waals surface area contributed by atoms with E-state index in [-0.39, 0.29) is 49.7 Å². The summed E-state index contributed by atoms with van der Waals surface area (Å²) in [6, 6.07) is 8.38. The quantitative estimate of drug-likeness (QED) is 0.210. The number of ether oxygens (including phenoxy) is 3. The van der Waals surface area contributed by atoms with Crippen LogP contribution in [0, 0.1) is 17.3 Å². The van der Waals surface area contributed by atoms with Crippen LogP contribution in [0.4, 0.5) is 0 Å². The van der Waals surface area contributed by atoms with Crippen molar-refractivity contribution in [3.8, 4) is 23.1 Å². The van der Waals surface area contributed by atoms with Gasteiger partial charge in [0.1, 0.15) is 18.1 Å². The summed E-state index contributed by atoms with van der Waals surface area (Å²) >= 11 is 0. The number of hydrogen-bond acceptors (Lipinski definition) is 12. The van der Waals surface area contributed by atoms with Gasteiger partial charge in [0.15, 0.2) is 0 Å². The number of nitrogens with zero attached hydrogens (tertiary/aromatic N) is 7. The molecule has 3 aromatic rings. The number of aromatic nitrogens is 2. The van der Waals surface area contributed by atoms with Crippen LogP contribution >= 0.6 is 0 Å². The lowest BCUT2D eigenvalue weighted by Crippen LogP contribution is -2.63. The normalized spacial score (nSPS) is 22.4. The molecule has 5 atom stereocenters. The van der Waals surface area contributed by atoms with E-state index in [0.29, 0.717) is 52.0 Å². The topological polar surface area (TPSA) is 154 Å². The molecule has 368 valence electrons. The van der Waals surface area contributed by atoms with Crippen molar-refractivity contribution in [3.63, 3.8) is 0 Å². The lowest BCUT2D eigenvalue weighted by molar-refractivity contribution is -0.155. The van der Waals surface area contributed by atoms with Gasteiger partial charge >= 0.3 is 5.97 Å². The van der Waals surface area contributed by atoms with Crippen LogP contribution in [0.15, 0.2) is 42.6 Å². The first-order valence-electron chi connectivity index (χ1n) is 24.2. The fourth-order valence-electron chi connectivity index (χ4n) is 9.37. The average Bonchev–Trinajstić information content (AvgIpc) is 3.60. The second-order valence-electron chi connectivity index (χ2n) is 20.5. The number of rotatable bonds is 11. The Hall–Kier alpha value is -5.15. The van der Waals surface area contributed by atoms with Gasteiger partial charge in [-0.15, -0.1) is 0 Å². The number of fused-ring (bicyclic) bond motifs is 6. The van der Waals surface area contributed by atoms with Crippen LogP contribution in [-0.4, -0.2) is 175 Å². The van der Waals surface area contributed by atoms with E-state index in [4.69, 9.17) is 19.2 Å². The molecule has 3 amide bonds. The molecule has 4 aliphatic heterocycles. The number of benzene rings is 1. The van der Waals surface area contributed by atoms with Crippen molar-refractivity contribution in [1.29, 1.82) is 0 Å². The summed E-state index contributed by atoms with van der Waals surface area (Å²) in [6.45, 7) is 15.9. The summed E-state index contributed by atoms with van der Waals surface area (Å²) in [5, 5.41) is 5.73. The zero-order valence-corrected chi connectivity index (χ0v) is 42.1. The minimum absolute atomic E-state index is 0.0635. The zero-order valence-electron chi connectivity index (χ0n) is 42.1. The second kappa shape index (κ2) is 21.2. The minimum atomic E-state index is -0.940. The van der Waals surface area contributed by atoms with Crippen LogP contribution < -0.4 is 10.7 Å². The van der Waals surface area contributed by atoms with Crippen LogP contribution in [0.5, 0.6) is 0 Å². The monoisotopic (exact) mass is 936 g/mol. The summed E-state index contributed by atoms with van der Waals surface area (Å²) in [5.74, 6) is 4.46. The van der Waals surface area contributed by atoms with E-state index in [0.717, 1.165) is 57.5 Å². The highest BCUT2D eigenvalue weighted by molar-refractivity contribution is 5.96. The van der Waals surface area contributed by atoms with Gasteiger partial charge in [-0.2, -0.15) is 0 Å². The highest BCUT2D eigenvalue weighted by atomic mass is 16.5. The van der Waals surface area contributed by atoms with Crippen molar-refractivity contribution in [2.75, 3.05) is 87.8 Å². The number of carbonyl (C=O) groups is 4. The van der Waals surface area contributed by atoms with E-state index in [1.807, 2.05) is 52.0 Å². The number of likely N-dealkylation sites (tertiary alicyclic amines) is 1. The molecular formula is C52H73N9O7. The summed E-state index contributed by atoms with van der Waals surface area (Å²) < 4.78 is 20.5. The van der Waals surface area contributed by atoms with Crippen molar-refractivity contribution >= 4 is 40.2 Å². The van der Waals surface area contributed by atoms with Gasteiger partial charge < -0.3 is 29.0 Å². The van der Waals surface area contributed by atoms with E-state index < -0.39 is 35.0 Å². The molecule has 68 heavy (non-hydrogen) atoms. The molecule has 2 N–H and O–H groups in total. The number of amides is 3. The maximum atomic E-state index is 14.7. The Morgan fingerprint density at radius 1 is 1.10 bits per heavy atom. The van der Waals surface area contributed by atoms with Gasteiger partial charge in [-0.05, 0) is 128 Å². The third-order valence-electron chi connectivity index (χ3n) is 14.1. The predicted molar refractivity (Wildman–Crippen MR) is 263 cm³/mol. The van der Waals surface area contributed by atoms with E-state index >= 15 is 0 Å². The number of nitrogens with one attached hydrogen (secondary N) is 2. The Morgan fingerprint density at radius 2 is 1.87 bits per heavy atom. The molecule has 6 heterocycles. The number of likely N-dealkylation sites (N-methyl/N-ethyl adjacent to an activating group) is 1. The fourth-order valence-corrected chi connectivity index (χ4v) is 9.37. The van der Waals surface area contributed by atoms with Crippen molar-refractivity contribution in [3.05, 3.63) is 59.4 Å². The standard InChI is InChI=1S/C52H73N9O7/c1-12-60-43-20-19-35-26-39(43)40(47(60)38-17-13-23-53-46(38)34(2)66-11)27-51(3,4)33-68-50(65)41-18-15-25-61(55-41)49(64)42(31-58-24-14-16-36(35)28-58)54-48(63)44(56(7)8)32-67-37-29-59(30-37)45(62)21-22-52(5,6)57(9)10/h13,16-17,19-20,23,26,34,37,41-42,44,55H,12,14-15,18,24-25,27-33H2,1-11H3,(H,54,63)/t34-,41-,42-,44+/m0/s1. The highest BCUT2D eigenvalue weighted by Crippen LogP contribution is 2.41. The molecule has 6 bridgehead atoms. The number of carbonyl (C=O) groups excluding carboxylic acids is 4. The van der Waals surface area contributed by atoms with Crippen LogP contribution in [0.2, 0.25) is 0 Å². The number of hydrogen-bond donors (Lipinski definition) is 2. The first-order valence-corrected chi connectivity index (χ1v) is 24.2. The Bertz CT molecular complexity index is 2440. The molecule has 2 aromatic heterocycles. The highest BCUT2D eigenvalue weighted by Gasteiger charge is 2.38. The SMILES string of the molecule is CCn1c(-c2cccnc2[C@H](C)OC)c2c3cc(ccc31)C1=CCCN(C1)C[C@H](NC(=O)[C@@H](COC1CN(C(=O)C#CC(C)(C)N(C)C)C1)N(C)C)C(=O)N1CCC[C@H](N1)C(=O)OCC(C)(C)C2. The van der Waals surface area contributed by atoms with Crippen LogP contribution in [0.1, 0.15) is 83.7 Å². The minimum Gasteiger partial charge on any atom is -0.464 e. The van der Waals surface area contributed by atoms with Gasteiger partial charge in [-0.25, -0.2) is 5.43 Å². The molecule has 0 spiro atoms. The van der Waals surface area contributed by atoms with Crippen LogP contribution in [0.25, 0.3) is 27.7 Å². The van der Waals surface area contributed by atoms with Crippen LogP contribution in [0.3, 0.4) is 0 Å². The number of cyclic esters (lactones) is 1. The fraction of sp³-hybridized carbons (Fsp3) is 0.596. The molecular weight excluding hydrogens is 863 g/mol.